The average molecular weight is 473 g/mol. The van der Waals surface area contributed by atoms with Crippen molar-refractivity contribution in [1.29, 1.82) is 0 Å². The zero-order valence-corrected chi connectivity index (χ0v) is 18.5. The van der Waals surface area contributed by atoms with Crippen molar-refractivity contribution in [1.82, 2.24) is 20.1 Å². The van der Waals surface area contributed by atoms with Gasteiger partial charge in [-0.15, -0.1) is 0 Å². The van der Waals surface area contributed by atoms with E-state index in [1.807, 2.05) is 13.8 Å². The number of rotatable bonds is 6. The van der Waals surface area contributed by atoms with Crippen molar-refractivity contribution in [2.75, 3.05) is 5.32 Å². The number of hydrogen-bond donors (Lipinski definition) is 2. The molecule has 0 bridgehead atoms. The van der Waals surface area contributed by atoms with Gasteiger partial charge in [-0.05, 0) is 29.8 Å². The van der Waals surface area contributed by atoms with E-state index in [1.165, 1.54) is 10.7 Å². The zero-order chi connectivity index (χ0) is 21.1. The molecular formula is C19H17Cl4N5O. The van der Waals surface area contributed by atoms with Crippen LogP contribution in [0.15, 0.2) is 36.5 Å². The number of hydrogen-bond acceptors (Lipinski definition) is 4. The first kappa shape index (κ1) is 21.9. The van der Waals surface area contributed by atoms with E-state index in [4.69, 9.17) is 46.4 Å². The summed E-state index contributed by atoms with van der Waals surface area (Å²) in [6.45, 7) is 4.50. The fourth-order valence-corrected chi connectivity index (χ4v) is 3.57. The van der Waals surface area contributed by atoms with Crippen molar-refractivity contribution in [3.63, 3.8) is 0 Å². The Balaban J connectivity index is 1.97. The molecule has 1 aromatic carbocycles. The van der Waals surface area contributed by atoms with Crippen LogP contribution in [0.4, 0.5) is 5.69 Å². The molecule has 10 heteroatoms. The van der Waals surface area contributed by atoms with E-state index in [0.29, 0.717) is 27.3 Å². The largest absolute Gasteiger partial charge is 0.319 e. The Bertz CT molecular complexity index is 1050. The second kappa shape index (κ2) is 9.32. The SMILES string of the molecule is CC(C)NCc1cc(Cl)cc(Cl)c1NC(=O)c1cc(Cl)nn1-c1ncccc1Cl. The summed E-state index contributed by atoms with van der Waals surface area (Å²) in [6, 6.07) is 8.31. The summed E-state index contributed by atoms with van der Waals surface area (Å²) in [4.78, 5) is 17.2. The van der Waals surface area contributed by atoms with Crippen LogP contribution in [0.3, 0.4) is 0 Å². The molecule has 1 amide bonds. The van der Waals surface area contributed by atoms with Gasteiger partial charge in [0.1, 0.15) is 5.69 Å². The Morgan fingerprint density at radius 3 is 2.59 bits per heavy atom. The molecule has 3 aromatic rings. The van der Waals surface area contributed by atoms with E-state index in [2.05, 4.69) is 20.7 Å². The minimum absolute atomic E-state index is 0.126. The second-order valence-electron chi connectivity index (χ2n) is 6.48. The van der Waals surface area contributed by atoms with Gasteiger partial charge in [0.25, 0.3) is 5.91 Å². The number of amides is 1. The van der Waals surface area contributed by atoms with Crippen LogP contribution in [0.2, 0.25) is 20.2 Å². The third-order valence-corrected chi connectivity index (χ3v) is 4.92. The van der Waals surface area contributed by atoms with E-state index in [1.54, 1.807) is 30.5 Å². The van der Waals surface area contributed by atoms with Crippen molar-refractivity contribution in [2.45, 2.75) is 26.4 Å². The molecule has 152 valence electrons. The van der Waals surface area contributed by atoms with Crippen molar-refractivity contribution in [2.24, 2.45) is 0 Å². The summed E-state index contributed by atoms with van der Waals surface area (Å²) in [6.07, 6.45) is 1.55. The number of nitrogens with zero attached hydrogens (tertiary/aromatic N) is 3. The first-order valence-electron chi connectivity index (χ1n) is 8.65. The van der Waals surface area contributed by atoms with Crippen LogP contribution < -0.4 is 10.6 Å². The average Bonchev–Trinajstić information content (AvgIpc) is 3.04. The third-order valence-electron chi connectivity index (χ3n) is 3.93. The molecule has 0 aliphatic carbocycles. The maximum absolute atomic E-state index is 13.0. The van der Waals surface area contributed by atoms with Gasteiger partial charge in [-0.1, -0.05) is 60.3 Å². The van der Waals surface area contributed by atoms with Crippen LogP contribution in [-0.2, 0) is 6.54 Å². The third kappa shape index (κ3) is 5.21. The maximum atomic E-state index is 13.0. The minimum atomic E-state index is -0.471. The van der Waals surface area contributed by atoms with E-state index >= 15 is 0 Å². The number of carbonyl (C=O) groups excluding carboxylic acids is 1. The standard InChI is InChI=1S/C19H17Cl4N5O/c1-10(2)25-9-11-6-12(20)7-14(22)17(11)26-19(29)15-8-16(23)27-28(15)18-13(21)4-3-5-24-18/h3-8,10,25H,9H2,1-2H3,(H,26,29). The van der Waals surface area contributed by atoms with Gasteiger partial charge in [0, 0.05) is 29.9 Å². The Hall–Kier alpha value is -1.83. The Labute approximate surface area is 188 Å². The molecule has 0 fully saturated rings. The van der Waals surface area contributed by atoms with E-state index in [9.17, 15) is 4.79 Å². The maximum Gasteiger partial charge on any atom is 0.274 e. The summed E-state index contributed by atoms with van der Waals surface area (Å²) in [5.41, 5.74) is 1.35. The topological polar surface area (TPSA) is 71.8 Å². The molecule has 0 unspecified atom stereocenters. The molecule has 0 radical (unpaired) electrons. The van der Waals surface area contributed by atoms with Crippen LogP contribution in [-0.4, -0.2) is 26.7 Å². The number of anilines is 1. The van der Waals surface area contributed by atoms with Crippen molar-refractivity contribution >= 4 is 58.0 Å². The Morgan fingerprint density at radius 2 is 1.90 bits per heavy atom. The summed E-state index contributed by atoms with van der Waals surface area (Å²) in [7, 11) is 0. The molecule has 0 aliphatic rings. The summed E-state index contributed by atoms with van der Waals surface area (Å²) in [5, 5.41) is 11.5. The fourth-order valence-electron chi connectivity index (χ4n) is 2.61. The van der Waals surface area contributed by atoms with Gasteiger partial charge in [-0.3, -0.25) is 4.79 Å². The molecule has 2 N–H and O–H groups in total. The van der Waals surface area contributed by atoms with Crippen LogP contribution in [0, 0.1) is 0 Å². The first-order chi connectivity index (χ1) is 13.8. The van der Waals surface area contributed by atoms with E-state index in [0.717, 1.165) is 5.56 Å². The number of aromatic nitrogens is 3. The van der Waals surface area contributed by atoms with Gasteiger partial charge in [0.05, 0.1) is 15.7 Å². The van der Waals surface area contributed by atoms with Crippen LogP contribution in [0.25, 0.3) is 5.82 Å². The lowest BCUT2D eigenvalue weighted by atomic mass is 10.1. The Kier molecular flexibility index (Phi) is 7.03. The highest BCUT2D eigenvalue weighted by Gasteiger charge is 2.21. The Morgan fingerprint density at radius 1 is 1.14 bits per heavy atom. The van der Waals surface area contributed by atoms with E-state index in [-0.39, 0.29) is 22.7 Å². The van der Waals surface area contributed by atoms with Gasteiger partial charge in [0.15, 0.2) is 11.0 Å². The minimum Gasteiger partial charge on any atom is -0.319 e. The molecule has 0 saturated carbocycles. The number of nitrogens with one attached hydrogen (secondary N) is 2. The molecule has 0 spiro atoms. The lowest BCUT2D eigenvalue weighted by molar-refractivity contribution is 0.101. The molecule has 6 nitrogen and oxygen atoms in total. The van der Waals surface area contributed by atoms with Crippen LogP contribution in [0.1, 0.15) is 29.9 Å². The van der Waals surface area contributed by atoms with Gasteiger partial charge in [-0.25, -0.2) is 9.67 Å². The molecule has 29 heavy (non-hydrogen) atoms. The highest BCUT2D eigenvalue weighted by Crippen LogP contribution is 2.31. The quantitative estimate of drug-likeness (QED) is 0.487. The van der Waals surface area contributed by atoms with Gasteiger partial charge < -0.3 is 10.6 Å². The number of carbonyl (C=O) groups is 1. The number of benzene rings is 1. The monoisotopic (exact) mass is 471 g/mol. The molecule has 0 saturated heterocycles. The first-order valence-corrected chi connectivity index (χ1v) is 10.2. The summed E-state index contributed by atoms with van der Waals surface area (Å²) < 4.78 is 1.29. The summed E-state index contributed by atoms with van der Waals surface area (Å²) >= 11 is 24.7. The predicted molar refractivity (Wildman–Crippen MR) is 118 cm³/mol. The molecule has 3 rings (SSSR count). The molecule has 0 aliphatic heterocycles. The highest BCUT2D eigenvalue weighted by molar-refractivity contribution is 6.37. The van der Waals surface area contributed by atoms with E-state index < -0.39 is 5.91 Å². The van der Waals surface area contributed by atoms with Gasteiger partial charge in [0.2, 0.25) is 0 Å². The lowest BCUT2D eigenvalue weighted by Crippen LogP contribution is -2.24. The van der Waals surface area contributed by atoms with Crippen molar-refractivity contribution < 1.29 is 4.79 Å². The molecular weight excluding hydrogens is 456 g/mol. The molecule has 2 heterocycles. The zero-order valence-electron chi connectivity index (χ0n) is 15.5. The molecule has 0 atom stereocenters. The molecule has 2 aromatic heterocycles. The van der Waals surface area contributed by atoms with Crippen molar-refractivity contribution in [3.05, 3.63) is 68.0 Å². The van der Waals surface area contributed by atoms with Crippen LogP contribution in [0.5, 0.6) is 0 Å². The fraction of sp³-hybridized carbons (Fsp3) is 0.211. The van der Waals surface area contributed by atoms with Gasteiger partial charge in [-0.2, -0.15) is 5.10 Å². The summed E-state index contributed by atoms with van der Waals surface area (Å²) in [5.74, 6) is -0.184. The number of pyridine rings is 1. The number of halogens is 4. The lowest BCUT2D eigenvalue weighted by Gasteiger charge is -2.16. The van der Waals surface area contributed by atoms with Crippen LogP contribution >= 0.6 is 46.4 Å². The second-order valence-corrected chi connectivity index (χ2v) is 8.12. The normalized spacial score (nSPS) is 11.1. The van der Waals surface area contributed by atoms with Gasteiger partial charge >= 0.3 is 0 Å². The van der Waals surface area contributed by atoms with Crippen molar-refractivity contribution in [3.8, 4) is 5.82 Å². The smallest absolute Gasteiger partial charge is 0.274 e. The predicted octanol–water partition coefficient (Wildman–Crippen LogP) is 5.63. The highest BCUT2D eigenvalue weighted by atomic mass is 35.5.